The lowest BCUT2D eigenvalue weighted by atomic mass is 10.0. The molecule has 0 bridgehead atoms. The number of ether oxygens (including phenoxy) is 1. The van der Waals surface area contributed by atoms with E-state index in [1.165, 1.54) is 19.2 Å². The molecular formula is C45H46N10O5. The summed E-state index contributed by atoms with van der Waals surface area (Å²) in [6.07, 6.45) is 6.24. The quantitative estimate of drug-likeness (QED) is 0.211. The number of rotatable bonds is 8. The zero-order valence-corrected chi connectivity index (χ0v) is 33.2. The molecule has 60 heavy (non-hydrogen) atoms. The highest BCUT2D eigenvalue weighted by atomic mass is 16.5. The lowest BCUT2D eigenvalue weighted by Gasteiger charge is -2.46. The molecule has 4 amide bonds. The first-order valence-corrected chi connectivity index (χ1v) is 21.2. The van der Waals surface area contributed by atoms with Gasteiger partial charge in [0.1, 0.15) is 35.4 Å². The smallest absolute Gasteiger partial charge is 0.262 e. The van der Waals surface area contributed by atoms with Gasteiger partial charge in [-0.3, -0.25) is 34.3 Å². The highest BCUT2D eigenvalue weighted by Crippen LogP contribution is 2.44. The summed E-state index contributed by atoms with van der Waals surface area (Å²) in [4.78, 5) is 68.4. The predicted molar refractivity (Wildman–Crippen MR) is 222 cm³/mol. The highest BCUT2D eigenvalue weighted by molar-refractivity contribution is 6.23. The van der Waals surface area contributed by atoms with Gasteiger partial charge in [-0.1, -0.05) is 18.2 Å². The van der Waals surface area contributed by atoms with Crippen molar-refractivity contribution < 1.29 is 23.9 Å². The fourth-order valence-electron chi connectivity index (χ4n) is 10.7. The first kappa shape index (κ1) is 36.9. The number of carbonyl (C=O) groups excluding carboxylic acids is 4. The van der Waals surface area contributed by atoms with Crippen molar-refractivity contribution in [2.75, 3.05) is 49.9 Å². The summed E-state index contributed by atoms with van der Waals surface area (Å²) >= 11 is 0. The number of benzene rings is 3. The SMILES string of the molecule is Nc1ncnc2c1c(-c1ccc(Oc3ccccc3)cc1)nn2C1CCN(C2CC3CN(C4CN(c5ccc6c(c5)C(=O)N(C5CCC(=O)NC5=O)C6=O)C4)CC3C2)CC1. The number of nitrogens with zero attached hydrogens (tertiary/aromatic N) is 8. The summed E-state index contributed by atoms with van der Waals surface area (Å²) in [5, 5.41) is 8.20. The Hall–Kier alpha value is -6.19. The van der Waals surface area contributed by atoms with E-state index in [9.17, 15) is 19.2 Å². The van der Waals surface area contributed by atoms with Crippen molar-refractivity contribution in [3.63, 3.8) is 0 Å². The Kier molecular flexibility index (Phi) is 8.92. The summed E-state index contributed by atoms with van der Waals surface area (Å²) in [5.74, 6) is 1.45. The molecule has 5 aromatic rings. The van der Waals surface area contributed by atoms with Crippen LogP contribution in [0.3, 0.4) is 0 Å². The zero-order chi connectivity index (χ0) is 40.6. The van der Waals surface area contributed by atoms with Gasteiger partial charge in [-0.25, -0.2) is 14.6 Å². The Balaban J connectivity index is 0.686. The van der Waals surface area contributed by atoms with Crippen molar-refractivity contribution in [2.45, 2.75) is 62.7 Å². The third-order valence-corrected chi connectivity index (χ3v) is 13.9. The van der Waals surface area contributed by atoms with Crippen LogP contribution in [0.1, 0.15) is 65.3 Å². The van der Waals surface area contributed by atoms with Crippen LogP contribution in [0.15, 0.2) is 79.1 Å². The number of nitrogen functional groups attached to an aromatic ring is 1. The normalized spacial score (nSPS) is 25.2. The first-order valence-electron chi connectivity index (χ1n) is 21.2. The molecule has 3 N–H and O–H groups in total. The highest BCUT2D eigenvalue weighted by Gasteiger charge is 2.48. The number of piperidine rings is 2. The van der Waals surface area contributed by atoms with Gasteiger partial charge in [0, 0.05) is 69.0 Å². The standard InChI is InChI=1S/C45H46N10O5/c46-41-39-40(26-6-9-34(10-7-26)60-33-4-2-1-3-5-33)50-55(42(39)48-25-47-41)29-14-16-51(17-15-29)31-18-27-21-52(22-28(27)19-31)32-23-53(24-32)30-8-11-35-36(20-30)45(59)54(44(35)58)37-12-13-38(56)49-43(37)57/h1-11,20,25,27-29,31-32,37H,12-19,21-24H2,(H2,46,47,48)(H,49,56,57). The van der Waals surface area contributed by atoms with E-state index in [2.05, 4.69) is 34.7 Å². The third-order valence-electron chi connectivity index (χ3n) is 13.9. The van der Waals surface area contributed by atoms with Gasteiger partial charge in [-0.15, -0.1) is 0 Å². The van der Waals surface area contributed by atoms with Gasteiger partial charge < -0.3 is 20.3 Å². The predicted octanol–water partition coefficient (Wildman–Crippen LogP) is 4.51. The van der Waals surface area contributed by atoms with Crippen molar-refractivity contribution in [1.29, 1.82) is 0 Å². The average Bonchev–Trinajstić information content (AvgIpc) is 3.99. The van der Waals surface area contributed by atoms with Crippen LogP contribution >= 0.6 is 0 Å². The van der Waals surface area contributed by atoms with E-state index in [0.717, 1.165) is 96.5 Å². The maximum absolute atomic E-state index is 13.4. The van der Waals surface area contributed by atoms with Crippen LogP contribution in [-0.2, 0) is 9.59 Å². The Bertz CT molecular complexity index is 2520. The van der Waals surface area contributed by atoms with Gasteiger partial charge in [-0.2, -0.15) is 5.10 Å². The van der Waals surface area contributed by atoms with Crippen molar-refractivity contribution in [3.05, 3.63) is 90.3 Å². The number of hydrogen-bond donors (Lipinski definition) is 2. The molecule has 3 atom stereocenters. The number of aromatic nitrogens is 4. The van der Waals surface area contributed by atoms with Crippen LogP contribution in [0.5, 0.6) is 11.5 Å². The summed E-state index contributed by atoms with van der Waals surface area (Å²) in [6.45, 7) is 6.05. The molecule has 11 rings (SSSR count). The van der Waals surface area contributed by atoms with E-state index in [1.807, 2.05) is 60.7 Å². The van der Waals surface area contributed by atoms with E-state index >= 15 is 0 Å². The number of para-hydroxylation sites is 1. The molecule has 2 aromatic heterocycles. The Labute approximate surface area is 346 Å². The number of anilines is 2. The molecule has 4 saturated heterocycles. The van der Waals surface area contributed by atoms with E-state index in [-0.39, 0.29) is 24.8 Å². The molecule has 1 aliphatic carbocycles. The number of imide groups is 2. The minimum atomic E-state index is -0.961. The number of hydrogen-bond acceptors (Lipinski definition) is 12. The molecule has 1 saturated carbocycles. The second-order valence-electron chi connectivity index (χ2n) is 17.3. The molecule has 5 aliphatic heterocycles. The van der Waals surface area contributed by atoms with Crippen molar-refractivity contribution in [1.82, 2.24) is 39.8 Å². The first-order chi connectivity index (χ1) is 29.3. The zero-order valence-electron chi connectivity index (χ0n) is 33.2. The third kappa shape index (κ3) is 6.29. The molecule has 0 radical (unpaired) electrons. The second-order valence-corrected chi connectivity index (χ2v) is 17.3. The summed E-state index contributed by atoms with van der Waals surface area (Å²) in [7, 11) is 0. The van der Waals surface area contributed by atoms with Crippen LogP contribution in [0.2, 0.25) is 0 Å². The molecule has 6 aliphatic rings. The van der Waals surface area contributed by atoms with Crippen molar-refractivity contribution in [3.8, 4) is 22.8 Å². The lowest BCUT2D eigenvalue weighted by Crippen LogP contribution is -2.59. The van der Waals surface area contributed by atoms with Gasteiger partial charge in [-0.05, 0) is 98.5 Å². The topological polar surface area (TPSA) is 172 Å². The monoisotopic (exact) mass is 806 g/mol. The molecule has 3 unspecified atom stereocenters. The second kappa shape index (κ2) is 14.5. The number of amides is 4. The maximum Gasteiger partial charge on any atom is 0.262 e. The molecule has 0 spiro atoms. The molecule has 306 valence electrons. The van der Waals surface area contributed by atoms with Gasteiger partial charge in [0.2, 0.25) is 11.8 Å². The van der Waals surface area contributed by atoms with Crippen molar-refractivity contribution in [2.24, 2.45) is 11.8 Å². The summed E-state index contributed by atoms with van der Waals surface area (Å²) in [5.41, 5.74) is 10.5. The maximum atomic E-state index is 13.4. The minimum absolute atomic E-state index is 0.102. The van der Waals surface area contributed by atoms with Gasteiger partial charge in [0.25, 0.3) is 11.8 Å². The van der Waals surface area contributed by atoms with E-state index in [0.29, 0.717) is 40.9 Å². The fourth-order valence-corrected chi connectivity index (χ4v) is 10.7. The van der Waals surface area contributed by atoms with Crippen LogP contribution in [0, 0.1) is 11.8 Å². The van der Waals surface area contributed by atoms with Gasteiger partial charge in [0.15, 0.2) is 5.65 Å². The Morgan fingerprint density at radius 1 is 0.717 bits per heavy atom. The molecule has 15 heteroatoms. The molecule has 15 nitrogen and oxygen atoms in total. The molecule has 3 aromatic carbocycles. The fraction of sp³-hybridized carbons (Fsp3) is 0.400. The van der Waals surface area contributed by atoms with Crippen LogP contribution < -0.4 is 20.7 Å². The van der Waals surface area contributed by atoms with Gasteiger partial charge >= 0.3 is 0 Å². The number of nitrogens with one attached hydrogen (secondary N) is 1. The van der Waals surface area contributed by atoms with Crippen LogP contribution in [0.25, 0.3) is 22.3 Å². The molecular weight excluding hydrogens is 761 g/mol. The number of likely N-dealkylation sites (tertiary alicyclic amines) is 2. The molecule has 7 heterocycles. The van der Waals surface area contributed by atoms with E-state index in [4.69, 9.17) is 15.6 Å². The van der Waals surface area contributed by atoms with Crippen molar-refractivity contribution >= 4 is 46.2 Å². The van der Waals surface area contributed by atoms with Crippen LogP contribution in [-0.4, -0.2) is 115 Å². The van der Waals surface area contributed by atoms with E-state index in [1.54, 1.807) is 12.1 Å². The number of nitrogens with two attached hydrogens (primary N) is 1. The van der Waals surface area contributed by atoms with E-state index < -0.39 is 23.8 Å². The Morgan fingerprint density at radius 2 is 1.43 bits per heavy atom. The number of fused-ring (bicyclic) bond motifs is 3. The lowest BCUT2D eigenvalue weighted by molar-refractivity contribution is -0.136. The minimum Gasteiger partial charge on any atom is -0.457 e. The largest absolute Gasteiger partial charge is 0.457 e. The number of carbonyl (C=O) groups is 4. The summed E-state index contributed by atoms with van der Waals surface area (Å²) < 4.78 is 8.11. The Morgan fingerprint density at radius 3 is 2.17 bits per heavy atom. The average molecular weight is 807 g/mol. The summed E-state index contributed by atoms with van der Waals surface area (Å²) in [6, 6.07) is 23.4. The molecule has 5 fully saturated rings. The van der Waals surface area contributed by atoms with Crippen LogP contribution in [0.4, 0.5) is 11.5 Å². The van der Waals surface area contributed by atoms with Gasteiger partial charge in [0.05, 0.1) is 22.6 Å².